The summed E-state index contributed by atoms with van der Waals surface area (Å²) in [6.07, 6.45) is 12.8. The van der Waals surface area contributed by atoms with Crippen LogP contribution in [0, 0.1) is 0 Å². The molecule has 0 amide bonds. The van der Waals surface area contributed by atoms with Crippen molar-refractivity contribution in [1.29, 1.82) is 0 Å². The molecule has 7 heteroatoms. The molecule has 1 N–H and O–H groups in total. The minimum atomic E-state index is -0.690. The van der Waals surface area contributed by atoms with Gasteiger partial charge in [0.25, 0.3) is 0 Å². The normalized spacial score (nSPS) is 11.3. The molecule has 2 rings (SSSR count). The zero-order valence-corrected chi connectivity index (χ0v) is 17.1. The van der Waals surface area contributed by atoms with Crippen LogP contribution in [0.3, 0.4) is 0 Å². The second-order valence-corrected chi connectivity index (χ2v) is 7.48. The Balaban J connectivity index is 1.60. The molecule has 6 nitrogen and oxygen atoms in total. The Kier molecular flexibility index (Phi) is 9.76. The zero-order chi connectivity index (χ0) is 19.3. The Morgan fingerprint density at radius 2 is 1.59 bits per heavy atom. The van der Waals surface area contributed by atoms with Crippen LogP contribution in [0.15, 0.2) is 51.4 Å². The summed E-state index contributed by atoms with van der Waals surface area (Å²) < 4.78 is 3.05. The first-order valence-corrected chi connectivity index (χ1v) is 10.3. The van der Waals surface area contributed by atoms with Gasteiger partial charge in [-0.2, -0.15) is 0 Å². The summed E-state index contributed by atoms with van der Waals surface area (Å²) in [5.74, 6) is -0.0541. The zero-order valence-electron chi connectivity index (χ0n) is 15.6. The fourth-order valence-corrected chi connectivity index (χ4v) is 3.07. The van der Waals surface area contributed by atoms with Gasteiger partial charge in [0.05, 0.1) is 5.69 Å². The van der Waals surface area contributed by atoms with Crippen molar-refractivity contribution in [2.75, 3.05) is 0 Å². The largest absolute Gasteiger partial charge is 0.481 e. The van der Waals surface area contributed by atoms with Gasteiger partial charge in [0.2, 0.25) is 5.95 Å². The number of halogens is 1. The Labute approximate surface area is 168 Å². The van der Waals surface area contributed by atoms with Crippen LogP contribution in [0.5, 0.6) is 0 Å². The van der Waals surface area contributed by atoms with Gasteiger partial charge in [0.15, 0.2) is 0 Å². The summed E-state index contributed by atoms with van der Waals surface area (Å²) in [4.78, 5) is 14.7. The van der Waals surface area contributed by atoms with Gasteiger partial charge in [-0.05, 0) is 37.1 Å². The summed E-state index contributed by atoms with van der Waals surface area (Å²) in [6.45, 7) is 0.896. The summed E-state index contributed by atoms with van der Waals surface area (Å²) in [6, 6.07) is 7.69. The minimum absolute atomic E-state index is 0.298. The quantitative estimate of drug-likeness (QED) is 0.282. The molecule has 0 bridgehead atoms. The van der Waals surface area contributed by atoms with E-state index in [1.165, 1.54) is 25.7 Å². The first kappa shape index (κ1) is 21.3. The molecule has 1 aromatic carbocycles. The van der Waals surface area contributed by atoms with Crippen LogP contribution in [0.2, 0.25) is 0 Å². The van der Waals surface area contributed by atoms with Crippen LogP contribution < -0.4 is 0 Å². The van der Waals surface area contributed by atoms with E-state index in [9.17, 15) is 4.79 Å². The van der Waals surface area contributed by atoms with E-state index in [0.717, 1.165) is 42.4 Å². The van der Waals surface area contributed by atoms with Gasteiger partial charge >= 0.3 is 5.97 Å². The molecule has 0 radical (unpaired) electrons. The van der Waals surface area contributed by atoms with Crippen LogP contribution in [-0.2, 0) is 11.3 Å². The number of aliphatic carboxylic acids is 1. The average molecular weight is 435 g/mol. The highest BCUT2D eigenvalue weighted by molar-refractivity contribution is 9.10. The Hall–Kier alpha value is -2.02. The first-order valence-electron chi connectivity index (χ1n) is 9.55. The summed E-state index contributed by atoms with van der Waals surface area (Å²) >= 11 is 3.40. The van der Waals surface area contributed by atoms with Gasteiger partial charge in [-0.15, -0.1) is 10.2 Å². The van der Waals surface area contributed by atoms with Crippen molar-refractivity contribution >= 4 is 33.5 Å². The van der Waals surface area contributed by atoms with Crippen LogP contribution in [0.4, 0.5) is 11.6 Å². The molecule has 1 heterocycles. The molecule has 0 spiro atoms. The predicted octanol–water partition coefficient (Wildman–Crippen LogP) is 6.66. The smallest absolute Gasteiger partial charge is 0.303 e. The standard InChI is InChI=1S/C20H27BrN4O2/c21-17-10-12-18(13-11-17)23-24-20-22-14-16-25(20)15-8-6-4-2-1-3-5-7-9-19(26)27/h10-14,16H,1-9,15H2,(H,26,27). The molecule has 146 valence electrons. The lowest BCUT2D eigenvalue weighted by Crippen LogP contribution is -1.96. The first-order chi connectivity index (χ1) is 13.1. The number of benzene rings is 1. The highest BCUT2D eigenvalue weighted by Crippen LogP contribution is 2.20. The van der Waals surface area contributed by atoms with Crippen molar-refractivity contribution in [2.24, 2.45) is 10.2 Å². The number of imidazole rings is 1. The number of rotatable bonds is 13. The Bertz CT molecular complexity index is 713. The number of aromatic nitrogens is 2. The molecule has 0 aliphatic rings. The molecule has 0 atom stereocenters. The van der Waals surface area contributed by atoms with Gasteiger partial charge in [-0.1, -0.05) is 54.5 Å². The highest BCUT2D eigenvalue weighted by atomic mass is 79.9. The molecule has 2 aromatic rings. The number of unbranched alkanes of at least 4 members (excludes halogenated alkanes) is 7. The van der Waals surface area contributed by atoms with Crippen LogP contribution in [0.1, 0.15) is 57.8 Å². The Morgan fingerprint density at radius 1 is 0.963 bits per heavy atom. The topological polar surface area (TPSA) is 79.8 Å². The number of hydrogen-bond acceptors (Lipinski definition) is 4. The van der Waals surface area contributed by atoms with E-state index >= 15 is 0 Å². The predicted molar refractivity (Wildman–Crippen MR) is 110 cm³/mol. The van der Waals surface area contributed by atoms with Crippen molar-refractivity contribution in [3.8, 4) is 0 Å². The molecule has 0 unspecified atom stereocenters. The Morgan fingerprint density at radius 3 is 2.26 bits per heavy atom. The molecule has 0 aliphatic heterocycles. The molecule has 0 fully saturated rings. The van der Waals surface area contributed by atoms with Crippen LogP contribution in [0.25, 0.3) is 0 Å². The third kappa shape index (κ3) is 8.95. The molecule has 0 aliphatic carbocycles. The van der Waals surface area contributed by atoms with Gasteiger partial charge in [0, 0.05) is 29.8 Å². The minimum Gasteiger partial charge on any atom is -0.481 e. The van der Waals surface area contributed by atoms with Crippen LogP contribution >= 0.6 is 15.9 Å². The number of carboxylic acid groups (broad SMARTS) is 1. The van der Waals surface area contributed by atoms with Crippen molar-refractivity contribution in [1.82, 2.24) is 9.55 Å². The lowest BCUT2D eigenvalue weighted by atomic mass is 10.1. The number of carbonyl (C=O) groups is 1. The fraction of sp³-hybridized carbons (Fsp3) is 0.500. The average Bonchev–Trinajstić information content (AvgIpc) is 3.10. The molecule has 0 saturated carbocycles. The summed E-state index contributed by atoms with van der Waals surface area (Å²) in [5.41, 5.74) is 0.802. The van der Waals surface area contributed by atoms with Gasteiger partial charge in [-0.25, -0.2) is 4.98 Å². The van der Waals surface area contributed by atoms with E-state index in [0.29, 0.717) is 12.4 Å². The van der Waals surface area contributed by atoms with Crippen molar-refractivity contribution in [2.45, 2.75) is 64.3 Å². The molecule has 1 aromatic heterocycles. The summed E-state index contributed by atoms with van der Waals surface area (Å²) in [5, 5.41) is 17.1. The number of carboxylic acids is 1. The van der Waals surface area contributed by atoms with Crippen molar-refractivity contribution < 1.29 is 9.90 Å². The van der Waals surface area contributed by atoms with E-state index in [1.807, 2.05) is 35.0 Å². The highest BCUT2D eigenvalue weighted by Gasteiger charge is 2.02. The third-order valence-electron chi connectivity index (χ3n) is 4.31. The van der Waals surface area contributed by atoms with E-state index < -0.39 is 5.97 Å². The summed E-state index contributed by atoms with van der Waals surface area (Å²) in [7, 11) is 0. The molecular formula is C20H27BrN4O2. The molecule has 27 heavy (non-hydrogen) atoms. The van der Waals surface area contributed by atoms with E-state index in [4.69, 9.17) is 5.11 Å². The van der Waals surface area contributed by atoms with Crippen LogP contribution in [-0.4, -0.2) is 20.6 Å². The number of aryl methyl sites for hydroxylation is 1. The maximum atomic E-state index is 10.4. The van der Waals surface area contributed by atoms with Crippen molar-refractivity contribution in [3.05, 3.63) is 41.1 Å². The number of nitrogens with zero attached hydrogens (tertiary/aromatic N) is 4. The van der Waals surface area contributed by atoms with Gasteiger partial charge < -0.3 is 9.67 Å². The van der Waals surface area contributed by atoms with E-state index in [2.05, 4.69) is 31.1 Å². The molecule has 0 saturated heterocycles. The number of azo groups is 1. The SMILES string of the molecule is O=C(O)CCCCCCCCCCn1ccnc1N=Nc1ccc(Br)cc1. The second-order valence-electron chi connectivity index (χ2n) is 6.57. The van der Waals surface area contributed by atoms with Crippen molar-refractivity contribution in [3.63, 3.8) is 0 Å². The third-order valence-corrected chi connectivity index (χ3v) is 4.84. The molecular weight excluding hydrogens is 408 g/mol. The van der Waals surface area contributed by atoms with Gasteiger partial charge in [0.1, 0.15) is 0 Å². The lowest BCUT2D eigenvalue weighted by Gasteiger charge is -2.04. The van der Waals surface area contributed by atoms with Gasteiger partial charge in [-0.3, -0.25) is 4.79 Å². The maximum absolute atomic E-state index is 10.4. The fourth-order valence-electron chi connectivity index (χ4n) is 2.81. The van der Waals surface area contributed by atoms with E-state index in [-0.39, 0.29) is 0 Å². The second kappa shape index (κ2) is 12.4. The lowest BCUT2D eigenvalue weighted by molar-refractivity contribution is -0.137. The number of hydrogen-bond donors (Lipinski definition) is 1. The van der Waals surface area contributed by atoms with E-state index in [1.54, 1.807) is 6.20 Å². The maximum Gasteiger partial charge on any atom is 0.303 e. The monoisotopic (exact) mass is 434 g/mol.